The number of halogens is 2. The Hall–Kier alpha value is -3.35. The second-order valence-electron chi connectivity index (χ2n) is 6.73. The van der Waals surface area contributed by atoms with Gasteiger partial charge in [0.05, 0.1) is 33.1 Å². The summed E-state index contributed by atoms with van der Waals surface area (Å²) in [6.07, 6.45) is 1.52. The van der Waals surface area contributed by atoms with Crippen molar-refractivity contribution in [3.8, 4) is 11.5 Å². The van der Waals surface area contributed by atoms with Crippen LogP contribution >= 0.6 is 23.2 Å². The summed E-state index contributed by atoms with van der Waals surface area (Å²) < 4.78 is 10.7. The fourth-order valence-corrected chi connectivity index (χ4v) is 3.52. The highest BCUT2D eigenvalue weighted by molar-refractivity contribution is 6.40. The Morgan fingerprint density at radius 2 is 1.90 bits per heavy atom. The van der Waals surface area contributed by atoms with Crippen LogP contribution in [0.4, 0.5) is 5.69 Å². The van der Waals surface area contributed by atoms with Crippen LogP contribution in [-0.4, -0.2) is 23.5 Å². The quantitative estimate of drug-likeness (QED) is 0.379. The summed E-state index contributed by atoms with van der Waals surface area (Å²) >= 11 is 12.3. The molecule has 0 saturated heterocycles. The molecule has 156 valence electrons. The molecule has 2 heterocycles. The van der Waals surface area contributed by atoms with Gasteiger partial charge >= 0.3 is 5.97 Å². The number of fused-ring (bicyclic) bond motifs is 1. The Labute approximate surface area is 187 Å². The van der Waals surface area contributed by atoms with Crippen molar-refractivity contribution in [3.05, 3.63) is 82.0 Å². The molecule has 1 amide bonds. The van der Waals surface area contributed by atoms with Crippen LogP contribution in [0.25, 0.3) is 22.4 Å². The van der Waals surface area contributed by atoms with Gasteiger partial charge in [0.25, 0.3) is 5.91 Å². The van der Waals surface area contributed by atoms with E-state index in [0.717, 1.165) is 5.56 Å². The summed E-state index contributed by atoms with van der Waals surface area (Å²) in [6, 6.07) is 15.6. The van der Waals surface area contributed by atoms with Gasteiger partial charge in [-0.1, -0.05) is 47.5 Å². The molecule has 0 radical (unpaired) electrons. The van der Waals surface area contributed by atoms with Gasteiger partial charge in [-0.3, -0.25) is 4.79 Å². The molecule has 0 bridgehead atoms. The Morgan fingerprint density at radius 1 is 1.10 bits per heavy atom. The van der Waals surface area contributed by atoms with Crippen molar-refractivity contribution < 1.29 is 18.7 Å². The maximum atomic E-state index is 12.8. The molecule has 0 atom stereocenters. The van der Waals surface area contributed by atoms with Crippen molar-refractivity contribution in [2.24, 2.45) is 0 Å². The minimum atomic E-state index is -0.664. The summed E-state index contributed by atoms with van der Waals surface area (Å²) in [5.41, 5.74) is 2.40. The van der Waals surface area contributed by atoms with Gasteiger partial charge in [0.2, 0.25) is 0 Å². The zero-order valence-electron chi connectivity index (χ0n) is 16.3. The summed E-state index contributed by atoms with van der Waals surface area (Å²) in [6.45, 7) is 1.28. The number of ether oxygens (including phenoxy) is 1. The molecule has 31 heavy (non-hydrogen) atoms. The Morgan fingerprint density at radius 3 is 2.68 bits per heavy atom. The van der Waals surface area contributed by atoms with E-state index in [1.165, 1.54) is 6.26 Å². The van der Waals surface area contributed by atoms with Gasteiger partial charge < -0.3 is 14.5 Å². The van der Waals surface area contributed by atoms with Gasteiger partial charge in [0.15, 0.2) is 12.4 Å². The zero-order chi connectivity index (χ0) is 22.0. The molecule has 1 N–H and O–H groups in total. The molecular formula is C23H16Cl2N2O4. The molecule has 4 aromatic rings. The fourth-order valence-electron chi connectivity index (χ4n) is 3.05. The highest BCUT2D eigenvalue weighted by Crippen LogP contribution is 2.33. The number of aryl methyl sites for hydroxylation is 1. The molecule has 0 unspecified atom stereocenters. The van der Waals surface area contributed by atoms with E-state index >= 15 is 0 Å². The molecule has 0 aliphatic rings. The molecule has 2 aromatic heterocycles. The third-order valence-corrected chi connectivity index (χ3v) is 5.39. The van der Waals surface area contributed by atoms with Crippen LogP contribution < -0.4 is 5.32 Å². The van der Waals surface area contributed by atoms with E-state index in [1.54, 1.807) is 55.5 Å². The van der Waals surface area contributed by atoms with Gasteiger partial charge in [-0.2, -0.15) is 0 Å². The van der Waals surface area contributed by atoms with Crippen LogP contribution in [0.1, 0.15) is 15.9 Å². The van der Waals surface area contributed by atoms with Crippen molar-refractivity contribution in [3.63, 3.8) is 0 Å². The predicted molar refractivity (Wildman–Crippen MR) is 120 cm³/mol. The second kappa shape index (κ2) is 8.79. The first-order chi connectivity index (χ1) is 14.9. The summed E-state index contributed by atoms with van der Waals surface area (Å²) in [4.78, 5) is 29.7. The first-order valence-corrected chi connectivity index (χ1v) is 10.0. The first-order valence-electron chi connectivity index (χ1n) is 9.29. The largest absolute Gasteiger partial charge is 0.463 e. The van der Waals surface area contributed by atoms with Crippen molar-refractivity contribution >= 4 is 51.7 Å². The van der Waals surface area contributed by atoms with Crippen molar-refractivity contribution in [1.29, 1.82) is 0 Å². The van der Waals surface area contributed by atoms with Gasteiger partial charge in [-0.15, -0.1) is 0 Å². The van der Waals surface area contributed by atoms with E-state index in [1.807, 2.05) is 6.07 Å². The molecular weight excluding hydrogens is 439 g/mol. The average Bonchev–Trinajstić information content (AvgIpc) is 3.32. The maximum absolute atomic E-state index is 12.8. The van der Waals surface area contributed by atoms with E-state index in [2.05, 4.69) is 10.3 Å². The highest BCUT2D eigenvalue weighted by atomic mass is 35.5. The number of esters is 1. The normalized spacial score (nSPS) is 10.8. The SMILES string of the molecule is Cc1ccc(Cl)c(NC(=O)COC(=O)c2cc(-c3ccco3)nc3ccccc23)c1Cl. The number of hydrogen-bond acceptors (Lipinski definition) is 5. The summed E-state index contributed by atoms with van der Waals surface area (Å²) in [7, 11) is 0. The number of benzene rings is 2. The minimum Gasteiger partial charge on any atom is -0.463 e. The molecule has 4 rings (SSSR count). The number of pyridine rings is 1. The number of carbonyl (C=O) groups is 2. The van der Waals surface area contributed by atoms with Crippen LogP contribution in [0.5, 0.6) is 0 Å². The second-order valence-corrected chi connectivity index (χ2v) is 7.51. The van der Waals surface area contributed by atoms with E-state index in [0.29, 0.717) is 32.4 Å². The molecule has 0 aliphatic carbocycles. The lowest BCUT2D eigenvalue weighted by Crippen LogP contribution is -2.21. The summed E-state index contributed by atoms with van der Waals surface area (Å²) in [5, 5.41) is 3.81. The third-order valence-electron chi connectivity index (χ3n) is 4.59. The van der Waals surface area contributed by atoms with E-state index in [9.17, 15) is 9.59 Å². The van der Waals surface area contributed by atoms with Gasteiger partial charge in [0, 0.05) is 5.39 Å². The predicted octanol–water partition coefficient (Wildman–Crippen LogP) is 5.91. The molecule has 0 spiro atoms. The maximum Gasteiger partial charge on any atom is 0.339 e. The molecule has 0 aliphatic heterocycles. The number of carbonyl (C=O) groups excluding carboxylic acids is 2. The van der Waals surface area contributed by atoms with E-state index in [4.69, 9.17) is 32.4 Å². The Bertz CT molecular complexity index is 1290. The molecule has 2 aromatic carbocycles. The number of anilines is 1. The number of nitrogens with zero attached hydrogens (tertiary/aromatic N) is 1. The molecule has 0 fully saturated rings. The van der Waals surface area contributed by atoms with Crippen LogP contribution in [0.15, 0.2) is 65.3 Å². The van der Waals surface area contributed by atoms with Crippen molar-refractivity contribution in [1.82, 2.24) is 4.98 Å². The van der Waals surface area contributed by atoms with Gasteiger partial charge in [-0.25, -0.2) is 9.78 Å². The number of para-hydroxylation sites is 1. The Kier molecular flexibility index (Phi) is 5.93. The third kappa shape index (κ3) is 4.40. The smallest absolute Gasteiger partial charge is 0.339 e. The lowest BCUT2D eigenvalue weighted by Gasteiger charge is -2.12. The van der Waals surface area contributed by atoms with Crippen LogP contribution in [-0.2, 0) is 9.53 Å². The van der Waals surface area contributed by atoms with Crippen LogP contribution in [0, 0.1) is 6.92 Å². The molecule has 0 saturated carbocycles. The zero-order valence-corrected chi connectivity index (χ0v) is 17.8. The lowest BCUT2D eigenvalue weighted by molar-refractivity contribution is -0.119. The standard InChI is InChI=1S/C23H16Cl2N2O4/c1-13-8-9-16(24)22(21(13)25)27-20(28)12-31-23(29)15-11-18(19-7-4-10-30-19)26-17-6-3-2-5-14(15)17/h2-11H,12H2,1H3,(H,27,28). The lowest BCUT2D eigenvalue weighted by atomic mass is 10.1. The summed E-state index contributed by atoms with van der Waals surface area (Å²) in [5.74, 6) is -0.711. The monoisotopic (exact) mass is 454 g/mol. The van der Waals surface area contributed by atoms with Gasteiger partial charge in [-0.05, 0) is 42.8 Å². The van der Waals surface area contributed by atoms with E-state index < -0.39 is 18.5 Å². The molecule has 8 heteroatoms. The Balaban J connectivity index is 1.55. The van der Waals surface area contributed by atoms with Crippen molar-refractivity contribution in [2.75, 3.05) is 11.9 Å². The number of hydrogen-bond donors (Lipinski definition) is 1. The van der Waals surface area contributed by atoms with Crippen molar-refractivity contribution in [2.45, 2.75) is 6.92 Å². The van der Waals surface area contributed by atoms with E-state index in [-0.39, 0.29) is 11.3 Å². The fraction of sp³-hybridized carbons (Fsp3) is 0.0870. The van der Waals surface area contributed by atoms with Crippen LogP contribution in [0.2, 0.25) is 10.0 Å². The number of aromatic nitrogens is 1. The number of amides is 1. The number of nitrogens with one attached hydrogen (secondary N) is 1. The first kappa shape index (κ1) is 20.9. The number of rotatable bonds is 5. The highest BCUT2D eigenvalue weighted by Gasteiger charge is 2.18. The average molecular weight is 455 g/mol. The number of furan rings is 1. The minimum absolute atomic E-state index is 0.274. The van der Waals surface area contributed by atoms with Crippen LogP contribution in [0.3, 0.4) is 0 Å². The van der Waals surface area contributed by atoms with Gasteiger partial charge in [0.1, 0.15) is 5.69 Å². The topological polar surface area (TPSA) is 81.4 Å². The molecule has 6 nitrogen and oxygen atoms in total.